The average Bonchev–Trinajstić information content (AvgIpc) is 2.49. The molecule has 1 saturated heterocycles. The van der Waals surface area contributed by atoms with Gasteiger partial charge in [-0.25, -0.2) is 0 Å². The van der Waals surface area contributed by atoms with Crippen molar-refractivity contribution in [1.29, 1.82) is 0 Å². The van der Waals surface area contributed by atoms with Gasteiger partial charge in [-0.3, -0.25) is 4.79 Å². The van der Waals surface area contributed by atoms with E-state index in [4.69, 9.17) is 0 Å². The fraction of sp³-hybridized carbons (Fsp3) is 0.353. The number of benzene rings is 2. The van der Waals surface area contributed by atoms with Crippen LogP contribution in [0.2, 0.25) is 0 Å². The third kappa shape index (κ3) is 3.11. The highest BCUT2D eigenvalue weighted by Gasteiger charge is 2.20. The molecule has 1 aliphatic heterocycles. The van der Waals surface area contributed by atoms with E-state index in [2.05, 4.69) is 33.2 Å². The molecule has 4 heteroatoms. The van der Waals surface area contributed by atoms with E-state index in [1.165, 1.54) is 0 Å². The van der Waals surface area contributed by atoms with Crippen LogP contribution in [0.3, 0.4) is 0 Å². The first-order chi connectivity index (χ1) is 10.1. The lowest BCUT2D eigenvalue weighted by atomic mass is 10.0. The number of carbonyl (C=O) groups is 1. The van der Waals surface area contributed by atoms with Crippen molar-refractivity contribution in [3.63, 3.8) is 0 Å². The van der Waals surface area contributed by atoms with Crippen LogP contribution in [0.1, 0.15) is 23.2 Å². The van der Waals surface area contributed by atoms with Crippen LogP contribution in [0.4, 0.5) is 0 Å². The minimum atomic E-state index is 0.0297. The molecule has 0 spiro atoms. The quantitative estimate of drug-likeness (QED) is 0.903. The van der Waals surface area contributed by atoms with Gasteiger partial charge in [0, 0.05) is 21.5 Å². The van der Waals surface area contributed by atoms with Crippen molar-refractivity contribution in [3.8, 4) is 0 Å². The summed E-state index contributed by atoms with van der Waals surface area (Å²) >= 11 is 3.56. The second-order valence-corrected chi connectivity index (χ2v) is 6.55. The molecule has 21 heavy (non-hydrogen) atoms. The molecule has 0 atom stereocenters. The highest BCUT2D eigenvalue weighted by Crippen LogP contribution is 2.27. The lowest BCUT2D eigenvalue weighted by Gasteiger charge is -2.29. The SMILES string of the molecule is CN1CCC(NC(=O)c2cccc3cccc(Br)c23)CC1. The van der Waals surface area contributed by atoms with Gasteiger partial charge in [-0.05, 0) is 50.5 Å². The summed E-state index contributed by atoms with van der Waals surface area (Å²) in [5, 5.41) is 5.26. The number of fused-ring (bicyclic) bond motifs is 1. The summed E-state index contributed by atoms with van der Waals surface area (Å²) in [4.78, 5) is 14.9. The average molecular weight is 347 g/mol. The highest BCUT2D eigenvalue weighted by atomic mass is 79.9. The molecule has 0 saturated carbocycles. The Balaban J connectivity index is 1.85. The Bertz CT molecular complexity index is 658. The normalized spacial score (nSPS) is 17.0. The zero-order chi connectivity index (χ0) is 14.8. The second-order valence-electron chi connectivity index (χ2n) is 5.69. The monoisotopic (exact) mass is 346 g/mol. The Labute approximate surface area is 133 Å². The Morgan fingerprint density at radius 1 is 1.19 bits per heavy atom. The predicted octanol–water partition coefficient (Wildman–Crippen LogP) is 3.43. The van der Waals surface area contributed by atoms with Crippen LogP contribution in [0.5, 0.6) is 0 Å². The maximum absolute atomic E-state index is 12.6. The molecule has 3 rings (SSSR count). The van der Waals surface area contributed by atoms with Crippen molar-refractivity contribution in [2.24, 2.45) is 0 Å². The van der Waals surface area contributed by atoms with Gasteiger partial charge in [0.2, 0.25) is 0 Å². The summed E-state index contributed by atoms with van der Waals surface area (Å²) in [6.45, 7) is 2.09. The van der Waals surface area contributed by atoms with Gasteiger partial charge in [0.25, 0.3) is 5.91 Å². The molecule has 0 bridgehead atoms. The standard InChI is InChI=1S/C17H19BrN2O/c1-20-10-8-13(9-11-20)19-17(21)14-6-2-4-12-5-3-7-15(18)16(12)14/h2-7,13H,8-11H2,1H3,(H,19,21). The molecular weight excluding hydrogens is 328 g/mol. The molecule has 2 aromatic carbocycles. The third-order valence-corrected chi connectivity index (χ3v) is 4.81. The summed E-state index contributed by atoms with van der Waals surface area (Å²) < 4.78 is 0.967. The molecule has 0 aromatic heterocycles. The van der Waals surface area contributed by atoms with Crippen LogP contribution in [0.15, 0.2) is 40.9 Å². The summed E-state index contributed by atoms with van der Waals surface area (Å²) in [5.41, 5.74) is 0.749. The molecule has 0 radical (unpaired) electrons. The van der Waals surface area contributed by atoms with Crippen LogP contribution in [-0.2, 0) is 0 Å². The van der Waals surface area contributed by atoms with Crippen molar-refractivity contribution < 1.29 is 4.79 Å². The van der Waals surface area contributed by atoms with E-state index in [9.17, 15) is 4.79 Å². The molecule has 1 fully saturated rings. The number of hydrogen-bond acceptors (Lipinski definition) is 2. The van der Waals surface area contributed by atoms with Crippen LogP contribution >= 0.6 is 15.9 Å². The summed E-state index contributed by atoms with van der Waals surface area (Å²) in [6.07, 6.45) is 2.04. The Hall–Kier alpha value is -1.39. The third-order valence-electron chi connectivity index (χ3n) is 4.15. The van der Waals surface area contributed by atoms with Crippen LogP contribution < -0.4 is 5.32 Å². The fourth-order valence-electron chi connectivity index (χ4n) is 2.90. The Morgan fingerprint density at radius 3 is 2.57 bits per heavy atom. The number of halogens is 1. The van der Waals surface area contributed by atoms with Crippen LogP contribution in [-0.4, -0.2) is 37.0 Å². The minimum Gasteiger partial charge on any atom is -0.349 e. The number of amides is 1. The lowest BCUT2D eigenvalue weighted by molar-refractivity contribution is 0.0918. The molecule has 1 amide bonds. The van der Waals surface area contributed by atoms with Crippen molar-refractivity contribution in [2.75, 3.05) is 20.1 Å². The van der Waals surface area contributed by atoms with Crippen LogP contribution in [0, 0.1) is 0 Å². The first kappa shape index (κ1) is 14.5. The van der Waals surface area contributed by atoms with Gasteiger partial charge < -0.3 is 10.2 Å². The van der Waals surface area contributed by atoms with Crippen LogP contribution in [0.25, 0.3) is 10.8 Å². The maximum Gasteiger partial charge on any atom is 0.252 e. The van der Waals surface area contributed by atoms with Crippen molar-refractivity contribution >= 4 is 32.6 Å². The smallest absolute Gasteiger partial charge is 0.252 e. The van der Waals surface area contributed by atoms with Gasteiger partial charge in [-0.15, -0.1) is 0 Å². The number of rotatable bonds is 2. The Morgan fingerprint density at radius 2 is 1.86 bits per heavy atom. The van der Waals surface area contributed by atoms with E-state index < -0.39 is 0 Å². The molecular formula is C17H19BrN2O. The van der Waals surface area contributed by atoms with E-state index in [1.54, 1.807) is 0 Å². The number of carbonyl (C=O) groups excluding carboxylic acids is 1. The minimum absolute atomic E-state index is 0.0297. The second kappa shape index (κ2) is 6.16. The lowest BCUT2D eigenvalue weighted by Crippen LogP contribution is -2.43. The molecule has 1 aliphatic rings. The van der Waals surface area contributed by atoms with Gasteiger partial charge in [0.15, 0.2) is 0 Å². The summed E-state index contributed by atoms with van der Waals surface area (Å²) in [5.74, 6) is 0.0297. The van der Waals surface area contributed by atoms with Crippen molar-refractivity contribution in [2.45, 2.75) is 18.9 Å². The molecule has 3 nitrogen and oxygen atoms in total. The molecule has 2 aromatic rings. The fourth-order valence-corrected chi connectivity index (χ4v) is 3.50. The summed E-state index contributed by atoms with van der Waals surface area (Å²) in [7, 11) is 2.12. The number of nitrogens with zero attached hydrogens (tertiary/aromatic N) is 1. The Kier molecular flexibility index (Phi) is 4.27. The maximum atomic E-state index is 12.6. The largest absolute Gasteiger partial charge is 0.349 e. The number of likely N-dealkylation sites (tertiary alicyclic amines) is 1. The first-order valence-electron chi connectivity index (χ1n) is 7.32. The molecule has 0 unspecified atom stereocenters. The molecule has 0 aliphatic carbocycles. The topological polar surface area (TPSA) is 32.3 Å². The predicted molar refractivity (Wildman–Crippen MR) is 89.6 cm³/mol. The van der Waals surface area contributed by atoms with E-state index >= 15 is 0 Å². The zero-order valence-electron chi connectivity index (χ0n) is 12.1. The number of piperidine rings is 1. The van der Waals surface area contributed by atoms with Gasteiger partial charge in [0.1, 0.15) is 0 Å². The van der Waals surface area contributed by atoms with Gasteiger partial charge >= 0.3 is 0 Å². The van der Waals surface area contributed by atoms with E-state index in [1.807, 2.05) is 36.4 Å². The van der Waals surface area contributed by atoms with Crippen molar-refractivity contribution in [3.05, 3.63) is 46.4 Å². The molecule has 1 heterocycles. The highest BCUT2D eigenvalue weighted by molar-refractivity contribution is 9.10. The van der Waals surface area contributed by atoms with Gasteiger partial charge in [0.05, 0.1) is 0 Å². The van der Waals surface area contributed by atoms with Crippen molar-refractivity contribution in [1.82, 2.24) is 10.2 Å². The zero-order valence-corrected chi connectivity index (χ0v) is 13.7. The van der Waals surface area contributed by atoms with Gasteiger partial charge in [-0.1, -0.05) is 40.2 Å². The van der Waals surface area contributed by atoms with E-state index in [-0.39, 0.29) is 11.9 Å². The number of hydrogen-bond donors (Lipinski definition) is 1. The molecule has 110 valence electrons. The van der Waals surface area contributed by atoms with E-state index in [0.717, 1.165) is 46.7 Å². The molecule has 1 N–H and O–H groups in total. The summed E-state index contributed by atoms with van der Waals surface area (Å²) in [6, 6.07) is 12.2. The van der Waals surface area contributed by atoms with E-state index in [0.29, 0.717) is 0 Å². The first-order valence-corrected chi connectivity index (χ1v) is 8.11. The number of nitrogens with one attached hydrogen (secondary N) is 1. The van der Waals surface area contributed by atoms with Gasteiger partial charge in [-0.2, -0.15) is 0 Å².